The van der Waals surface area contributed by atoms with E-state index in [9.17, 15) is 29.7 Å². The van der Waals surface area contributed by atoms with Gasteiger partial charge in [0, 0.05) is 40.4 Å². The lowest BCUT2D eigenvalue weighted by atomic mass is 9.96. The van der Waals surface area contributed by atoms with E-state index in [1.165, 1.54) is 30.0 Å². The highest BCUT2D eigenvalue weighted by atomic mass is 35.5. The molecule has 0 saturated heterocycles. The largest absolute Gasteiger partial charge is 0.490 e. The van der Waals surface area contributed by atoms with Gasteiger partial charge in [-0.3, -0.25) is 4.79 Å². The number of benzene rings is 2. The van der Waals surface area contributed by atoms with Crippen LogP contribution in [0.25, 0.3) is 21.7 Å². The molecule has 0 spiro atoms. The molecule has 0 aliphatic heterocycles. The molecule has 19 heteroatoms. The summed E-state index contributed by atoms with van der Waals surface area (Å²) in [5.41, 5.74) is 1.94. The molecule has 0 unspecified atom stereocenters. The van der Waals surface area contributed by atoms with Gasteiger partial charge in [-0.1, -0.05) is 68.4 Å². The number of nitrogens with one attached hydrogen (secondary N) is 4. The van der Waals surface area contributed by atoms with Crippen molar-refractivity contribution >= 4 is 64.6 Å². The molecule has 0 bridgehead atoms. The minimum absolute atomic E-state index is 0.0170. The lowest BCUT2D eigenvalue weighted by Gasteiger charge is -2.26. The summed E-state index contributed by atoms with van der Waals surface area (Å²) in [5.74, 6) is -0.0580. The van der Waals surface area contributed by atoms with Crippen molar-refractivity contribution in [1.82, 2.24) is 25.9 Å². The fraction of sp³-hybridized carbons (Fsp3) is 0.469. The Morgan fingerprint density at radius 3 is 2.10 bits per heavy atom. The Labute approximate surface area is 412 Å². The van der Waals surface area contributed by atoms with Gasteiger partial charge in [0.15, 0.2) is 0 Å². The van der Waals surface area contributed by atoms with Crippen LogP contribution in [0.4, 0.5) is 15.4 Å². The second-order valence-electron chi connectivity index (χ2n) is 16.9. The molecule has 68 heavy (non-hydrogen) atoms. The Hall–Kier alpha value is -6.08. The van der Waals surface area contributed by atoms with Crippen molar-refractivity contribution in [2.45, 2.75) is 128 Å². The van der Waals surface area contributed by atoms with Crippen LogP contribution in [0, 0.1) is 22.7 Å². The third-order valence-electron chi connectivity index (χ3n) is 10.6. The van der Waals surface area contributed by atoms with Crippen LogP contribution in [-0.2, 0) is 29.6 Å². The zero-order valence-electron chi connectivity index (χ0n) is 39.9. The molecular formula is C49H61ClN8O8S2. The van der Waals surface area contributed by atoms with Gasteiger partial charge in [-0.15, -0.1) is 11.3 Å². The average molecular weight is 990 g/mol. The zero-order chi connectivity index (χ0) is 49.9. The summed E-state index contributed by atoms with van der Waals surface area (Å²) in [6.07, 6.45) is 1.82. The summed E-state index contributed by atoms with van der Waals surface area (Å²) in [6, 6.07) is 16.8. The summed E-state index contributed by atoms with van der Waals surface area (Å²) < 4.78 is 22.2. The van der Waals surface area contributed by atoms with Gasteiger partial charge < -0.3 is 40.2 Å². The van der Waals surface area contributed by atoms with Crippen LogP contribution < -0.4 is 26.0 Å². The van der Waals surface area contributed by atoms with Crippen LogP contribution in [0.1, 0.15) is 111 Å². The number of alkyl carbamates (subject to hydrolysis) is 2. The first kappa shape index (κ1) is 54.5. The standard InChI is InChI=1S/C49H61ClN8O8S2/c1-9-23-53-41-37(27-51)40(38(28-52)44(58-41)68-30-35-29-67-43(56-35)33-15-19-34(50)20-16-33)32-17-21-36(22-18-32)63-25-26-64-45(60)31(4)55-42(59)39(57-47(62)66-49(7,8)11-3)14-12-13-24-54-46(61)65-48(5,6)10-2/h15-22,29,31,39H,9-14,23-26,30H2,1-8H3,(H,53,58)(H,54,61)(H,55,59)(H,57,62)/t31-,39-/m0/s1. The molecule has 2 atom stereocenters. The minimum Gasteiger partial charge on any atom is -0.490 e. The van der Waals surface area contributed by atoms with E-state index in [2.05, 4.69) is 33.4 Å². The van der Waals surface area contributed by atoms with E-state index in [1.54, 1.807) is 38.1 Å². The van der Waals surface area contributed by atoms with E-state index in [4.69, 9.17) is 40.5 Å². The van der Waals surface area contributed by atoms with Crippen molar-refractivity contribution in [2.24, 2.45) is 0 Å². The van der Waals surface area contributed by atoms with Crippen molar-refractivity contribution in [3.8, 4) is 39.6 Å². The predicted molar refractivity (Wildman–Crippen MR) is 265 cm³/mol. The number of carbonyl (C=O) groups is 4. The number of ether oxygens (including phenoxy) is 4. The molecule has 0 fully saturated rings. The van der Waals surface area contributed by atoms with E-state index >= 15 is 0 Å². The Morgan fingerprint density at radius 1 is 0.824 bits per heavy atom. The van der Waals surface area contributed by atoms with Gasteiger partial charge in [0.1, 0.15) is 75.8 Å². The second kappa shape index (κ2) is 26.5. The Kier molecular flexibility index (Phi) is 21.2. The third-order valence-corrected chi connectivity index (χ3v) is 12.8. The van der Waals surface area contributed by atoms with Gasteiger partial charge in [0.05, 0.1) is 11.3 Å². The van der Waals surface area contributed by atoms with Crippen molar-refractivity contribution < 1.29 is 38.1 Å². The summed E-state index contributed by atoms with van der Waals surface area (Å²) >= 11 is 8.94. The average Bonchev–Trinajstić information content (AvgIpc) is 3.79. The number of rotatable bonds is 25. The van der Waals surface area contributed by atoms with Crippen molar-refractivity contribution in [2.75, 3.05) is 31.6 Å². The highest BCUT2D eigenvalue weighted by Crippen LogP contribution is 2.38. The maximum atomic E-state index is 13.4. The molecule has 0 aliphatic carbocycles. The van der Waals surface area contributed by atoms with Gasteiger partial charge in [-0.05, 0) is 103 Å². The summed E-state index contributed by atoms with van der Waals surface area (Å²) in [6.45, 7) is 15.1. The van der Waals surface area contributed by atoms with E-state index in [-0.39, 0.29) is 30.8 Å². The smallest absolute Gasteiger partial charge is 0.408 e. The summed E-state index contributed by atoms with van der Waals surface area (Å²) in [5, 5.41) is 35.9. The van der Waals surface area contributed by atoms with Crippen molar-refractivity contribution in [3.63, 3.8) is 0 Å². The number of hydrogen-bond acceptors (Lipinski definition) is 15. The molecule has 0 saturated carbocycles. The highest BCUT2D eigenvalue weighted by Gasteiger charge is 2.29. The van der Waals surface area contributed by atoms with E-state index in [0.29, 0.717) is 77.3 Å². The number of halogens is 1. The second-order valence-corrected chi connectivity index (χ2v) is 19.1. The maximum absolute atomic E-state index is 13.4. The number of carbonyl (C=O) groups excluding carboxylic acids is 4. The molecule has 3 amide bonds. The third kappa shape index (κ3) is 16.9. The molecule has 0 aliphatic rings. The fourth-order valence-electron chi connectivity index (χ4n) is 6.09. The lowest BCUT2D eigenvalue weighted by Crippen LogP contribution is -2.52. The molecular weight excluding hydrogens is 928 g/mol. The van der Waals surface area contributed by atoms with Crippen LogP contribution in [0.3, 0.4) is 0 Å². The van der Waals surface area contributed by atoms with E-state index in [1.807, 2.05) is 64.3 Å². The van der Waals surface area contributed by atoms with Gasteiger partial charge in [0.2, 0.25) is 5.91 Å². The van der Waals surface area contributed by atoms with Crippen molar-refractivity contribution in [1.29, 1.82) is 10.5 Å². The number of pyridine rings is 1. The predicted octanol–water partition coefficient (Wildman–Crippen LogP) is 10.2. The Balaban J connectivity index is 1.36. The molecule has 2 heterocycles. The molecule has 4 N–H and O–H groups in total. The topological polar surface area (TPSA) is 227 Å². The normalized spacial score (nSPS) is 12.1. The van der Waals surface area contributed by atoms with Crippen LogP contribution in [0.2, 0.25) is 5.02 Å². The number of anilines is 1. The van der Waals surface area contributed by atoms with Crippen LogP contribution in [-0.4, -0.2) is 83.6 Å². The van der Waals surface area contributed by atoms with Gasteiger partial charge in [0.25, 0.3) is 0 Å². The first-order chi connectivity index (χ1) is 32.4. The number of hydrogen-bond donors (Lipinski definition) is 4. The first-order valence-corrected chi connectivity index (χ1v) is 24.8. The van der Waals surface area contributed by atoms with E-state index < -0.39 is 47.3 Å². The maximum Gasteiger partial charge on any atom is 0.408 e. The highest BCUT2D eigenvalue weighted by molar-refractivity contribution is 7.98. The minimum atomic E-state index is -1.07. The fourth-order valence-corrected chi connectivity index (χ4v) is 8.02. The number of unbranched alkanes of at least 4 members (excludes halogenated alkanes) is 1. The van der Waals surface area contributed by atoms with Gasteiger partial charge in [-0.25, -0.2) is 24.4 Å². The monoisotopic (exact) mass is 988 g/mol. The Morgan fingerprint density at radius 2 is 1.47 bits per heavy atom. The molecule has 16 nitrogen and oxygen atoms in total. The molecule has 364 valence electrons. The number of nitriles is 2. The van der Waals surface area contributed by atoms with Gasteiger partial charge >= 0.3 is 18.2 Å². The Bertz CT molecular complexity index is 2420. The molecule has 4 rings (SSSR count). The van der Waals surface area contributed by atoms with Crippen LogP contribution in [0.15, 0.2) is 58.9 Å². The zero-order valence-corrected chi connectivity index (χ0v) is 42.3. The molecule has 0 radical (unpaired) electrons. The molecule has 2 aromatic heterocycles. The lowest BCUT2D eigenvalue weighted by molar-refractivity contribution is -0.148. The number of amides is 3. The van der Waals surface area contributed by atoms with Crippen molar-refractivity contribution in [3.05, 3.63) is 75.8 Å². The number of thiazole rings is 1. The SMILES string of the molecule is CCCNc1nc(SCc2csc(-c3ccc(Cl)cc3)n2)c(C#N)c(-c2ccc(OCCOC(=O)[C@H](C)NC(=O)[C@H](CCCCNC(=O)OC(C)(C)CC)NC(=O)OC(C)(C)CC)cc2)c1C#N. The first-order valence-electron chi connectivity index (χ1n) is 22.5. The number of esters is 1. The quantitative estimate of drug-likeness (QED) is 0.0210. The molecule has 2 aromatic carbocycles. The van der Waals surface area contributed by atoms with E-state index in [0.717, 1.165) is 22.7 Å². The van der Waals surface area contributed by atoms with Gasteiger partial charge in [-0.2, -0.15) is 10.5 Å². The summed E-state index contributed by atoms with van der Waals surface area (Å²) in [4.78, 5) is 60.8. The number of nitrogens with zero attached hydrogens (tertiary/aromatic N) is 4. The number of thioether (sulfide) groups is 1. The summed E-state index contributed by atoms with van der Waals surface area (Å²) in [7, 11) is 0. The van der Waals surface area contributed by atoms with Crippen LogP contribution >= 0.6 is 34.7 Å². The van der Waals surface area contributed by atoms with Crippen LogP contribution in [0.5, 0.6) is 5.75 Å². The number of aromatic nitrogens is 2. The molecule has 4 aromatic rings.